The number of urea groups is 1. The first kappa shape index (κ1) is 21.2. The maximum absolute atomic E-state index is 13.3. The van der Waals surface area contributed by atoms with E-state index >= 15 is 0 Å². The molecule has 5 heterocycles. The minimum atomic E-state index is -0.0433. The van der Waals surface area contributed by atoms with E-state index in [-0.39, 0.29) is 17.9 Å². The molecule has 0 saturated carbocycles. The fraction of sp³-hybridized carbons (Fsp3) is 0.667. The zero-order valence-corrected chi connectivity index (χ0v) is 18.6. The van der Waals surface area contributed by atoms with Crippen molar-refractivity contribution in [2.24, 2.45) is 17.8 Å². The molecule has 0 radical (unpaired) electrons. The minimum Gasteiger partial charge on any atom is -0.352 e. The van der Waals surface area contributed by atoms with Crippen LogP contribution in [0.15, 0.2) is 24.5 Å². The van der Waals surface area contributed by atoms with Crippen LogP contribution < -0.4 is 5.32 Å². The molecule has 4 aliphatic heterocycles. The standard InChI is InChI=1S/C24H33N5O3/c30-22-5-1-4-21-20-11-18(15-29(21)22)14-28(16-20)24(32)27-9-6-19(7-10-27)23(31)26-13-17-3-2-8-25-12-17/h2-3,8,12,18-21H,1,4-7,9-11,13-16H2,(H,26,31)/t18?,20?,21-/m1/s1. The molecular formula is C24H33N5O3. The summed E-state index contributed by atoms with van der Waals surface area (Å²) in [5, 5.41) is 3.01. The number of hydrogen-bond donors (Lipinski definition) is 1. The lowest BCUT2D eigenvalue weighted by Crippen LogP contribution is -2.62. The molecule has 0 spiro atoms. The molecule has 4 amide bonds. The molecule has 32 heavy (non-hydrogen) atoms. The molecule has 1 aromatic heterocycles. The number of rotatable bonds is 3. The van der Waals surface area contributed by atoms with Crippen molar-refractivity contribution in [1.82, 2.24) is 25.0 Å². The normalized spacial score (nSPS) is 28.3. The van der Waals surface area contributed by atoms with E-state index in [9.17, 15) is 14.4 Å². The number of fused-ring (bicyclic) bond motifs is 4. The van der Waals surface area contributed by atoms with Crippen molar-refractivity contribution in [3.8, 4) is 0 Å². The van der Waals surface area contributed by atoms with E-state index in [2.05, 4.69) is 15.2 Å². The van der Waals surface area contributed by atoms with Gasteiger partial charge < -0.3 is 20.0 Å². The highest BCUT2D eigenvalue weighted by atomic mass is 16.2. The maximum atomic E-state index is 13.3. The van der Waals surface area contributed by atoms with E-state index in [1.165, 1.54) is 0 Å². The fourth-order valence-corrected chi connectivity index (χ4v) is 6.14. The summed E-state index contributed by atoms with van der Waals surface area (Å²) in [6.45, 7) is 4.06. The highest BCUT2D eigenvalue weighted by Crippen LogP contribution is 2.38. The van der Waals surface area contributed by atoms with E-state index in [1.807, 2.05) is 21.9 Å². The maximum Gasteiger partial charge on any atom is 0.320 e. The van der Waals surface area contributed by atoms with Crippen molar-refractivity contribution in [3.05, 3.63) is 30.1 Å². The van der Waals surface area contributed by atoms with E-state index in [1.54, 1.807) is 12.4 Å². The third-order valence-electron chi connectivity index (χ3n) is 7.78. The summed E-state index contributed by atoms with van der Waals surface area (Å²) in [5.41, 5.74) is 0.988. The Morgan fingerprint density at radius 3 is 2.72 bits per heavy atom. The predicted octanol–water partition coefficient (Wildman–Crippen LogP) is 1.86. The van der Waals surface area contributed by atoms with E-state index in [4.69, 9.17) is 0 Å². The molecule has 0 aromatic carbocycles. The van der Waals surface area contributed by atoms with Crippen LogP contribution in [0.25, 0.3) is 0 Å². The van der Waals surface area contributed by atoms with Gasteiger partial charge in [0.05, 0.1) is 0 Å². The van der Waals surface area contributed by atoms with Crippen LogP contribution in [-0.4, -0.2) is 76.3 Å². The van der Waals surface area contributed by atoms with Gasteiger partial charge in [-0.2, -0.15) is 0 Å². The molecule has 8 nitrogen and oxygen atoms in total. The van der Waals surface area contributed by atoms with Crippen molar-refractivity contribution < 1.29 is 14.4 Å². The van der Waals surface area contributed by atoms with Crippen LogP contribution in [0, 0.1) is 17.8 Å². The van der Waals surface area contributed by atoms with Gasteiger partial charge in [-0.1, -0.05) is 6.07 Å². The Hall–Kier alpha value is -2.64. The Bertz CT molecular complexity index is 854. The Morgan fingerprint density at radius 2 is 1.94 bits per heavy atom. The van der Waals surface area contributed by atoms with Gasteiger partial charge in [0.15, 0.2) is 0 Å². The van der Waals surface area contributed by atoms with Crippen LogP contribution in [0.3, 0.4) is 0 Å². The van der Waals surface area contributed by atoms with Crippen LogP contribution in [0.2, 0.25) is 0 Å². The molecule has 2 bridgehead atoms. The minimum absolute atomic E-state index is 0.0433. The van der Waals surface area contributed by atoms with Gasteiger partial charge in [-0.3, -0.25) is 14.6 Å². The first-order valence-electron chi connectivity index (χ1n) is 12.1. The Morgan fingerprint density at radius 1 is 1.09 bits per heavy atom. The third kappa shape index (κ3) is 4.32. The molecule has 4 aliphatic rings. The quantitative estimate of drug-likeness (QED) is 0.779. The average Bonchev–Trinajstić information content (AvgIpc) is 2.83. The molecule has 4 fully saturated rings. The molecule has 172 valence electrons. The summed E-state index contributed by atoms with van der Waals surface area (Å²) >= 11 is 0. The average molecular weight is 440 g/mol. The summed E-state index contributed by atoms with van der Waals surface area (Å²) < 4.78 is 0. The number of likely N-dealkylation sites (tertiary alicyclic amines) is 2. The number of carbonyl (C=O) groups is 3. The molecule has 0 aliphatic carbocycles. The van der Waals surface area contributed by atoms with Crippen molar-refractivity contribution in [1.29, 1.82) is 0 Å². The second-order valence-electron chi connectivity index (χ2n) is 9.90. The Kier molecular flexibility index (Phi) is 6.02. The summed E-state index contributed by atoms with van der Waals surface area (Å²) in [4.78, 5) is 48.3. The van der Waals surface area contributed by atoms with Crippen LogP contribution in [0.1, 0.15) is 44.1 Å². The third-order valence-corrected chi connectivity index (χ3v) is 7.78. The number of aromatic nitrogens is 1. The van der Waals surface area contributed by atoms with Gasteiger partial charge in [-0.25, -0.2) is 4.79 Å². The molecular weight excluding hydrogens is 406 g/mol. The molecule has 2 unspecified atom stereocenters. The van der Waals surface area contributed by atoms with Crippen molar-refractivity contribution in [2.45, 2.75) is 51.1 Å². The van der Waals surface area contributed by atoms with E-state index in [0.717, 1.165) is 44.5 Å². The second kappa shape index (κ2) is 9.08. The second-order valence-corrected chi connectivity index (χ2v) is 9.90. The Balaban J connectivity index is 1.12. The lowest BCUT2D eigenvalue weighted by atomic mass is 9.76. The van der Waals surface area contributed by atoms with Crippen LogP contribution in [0.5, 0.6) is 0 Å². The summed E-state index contributed by atoms with van der Waals surface area (Å²) in [7, 11) is 0. The zero-order valence-electron chi connectivity index (χ0n) is 18.6. The zero-order chi connectivity index (χ0) is 22.1. The molecule has 1 aromatic rings. The number of amides is 4. The van der Waals surface area contributed by atoms with Crippen molar-refractivity contribution >= 4 is 17.8 Å². The van der Waals surface area contributed by atoms with Crippen molar-refractivity contribution in [2.75, 3.05) is 32.7 Å². The smallest absolute Gasteiger partial charge is 0.320 e. The molecule has 1 N–H and O–H groups in total. The van der Waals surface area contributed by atoms with Gasteiger partial charge in [0.25, 0.3) is 0 Å². The van der Waals surface area contributed by atoms with Crippen molar-refractivity contribution in [3.63, 3.8) is 0 Å². The SMILES string of the molecule is O=C(NCc1cccnc1)C1CCN(C(=O)N2CC3CC(C2)[C@H]2CCCC(=O)N2C3)CC1. The van der Waals surface area contributed by atoms with E-state index < -0.39 is 0 Å². The lowest BCUT2D eigenvalue weighted by molar-refractivity contribution is -0.144. The largest absolute Gasteiger partial charge is 0.352 e. The van der Waals surface area contributed by atoms with Gasteiger partial charge >= 0.3 is 6.03 Å². The summed E-state index contributed by atoms with van der Waals surface area (Å²) in [5.74, 6) is 1.13. The highest BCUT2D eigenvalue weighted by Gasteiger charge is 2.45. The summed E-state index contributed by atoms with van der Waals surface area (Å²) in [6.07, 6.45) is 8.76. The topological polar surface area (TPSA) is 85.9 Å². The van der Waals surface area contributed by atoms with Gasteiger partial charge in [0.2, 0.25) is 11.8 Å². The van der Waals surface area contributed by atoms with Gasteiger partial charge in [-0.05, 0) is 55.6 Å². The van der Waals surface area contributed by atoms with Gasteiger partial charge in [-0.15, -0.1) is 0 Å². The first-order valence-corrected chi connectivity index (χ1v) is 12.1. The fourth-order valence-electron chi connectivity index (χ4n) is 6.14. The monoisotopic (exact) mass is 439 g/mol. The van der Waals surface area contributed by atoms with Crippen LogP contribution >= 0.6 is 0 Å². The molecule has 8 heteroatoms. The lowest BCUT2D eigenvalue weighted by Gasteiger charge is -2.53. The van der Waals surface area contributed by atoms with E-state index in [0.29, 0.717) is 62.7 Å². The highest BCUT2D eigenvalue weighted by molar-refractivity contribution is 5.80. The number of nitrogens with zero attached hydrogens (tertiary/aromatic N) is 4. The predicted molar refractivity (Wildman–Crippen MR) is 118 cm³/mol. The number of carbonyl (C=O) groups excluding carboxylic acids is 3. The van der Waals surface area contributed by atoms with Crippen LogP contribution in [-0.2, 0) is 16.1 Å². The Labute approximate surface area is 189 Å². The van der Waals surface area contributed by atoms with Gasteiger partial charge in [0.1, 0.15) is 0 Å². The van der Waals surface area contributed by atoms with Gasteiger partial charge in [0, 0.05) is 70.0 Å². The van der Waals surface area contributed by atoms with Crippen LogP contribution in [0.4, 0.5) is 4.79 Å². The first-order chi connectivity index (χ1) is 15.6. The number of piperidine rings is 4. The number of nitrogens with one attached hydrogen (secondary N) is 1. The molecule has 3 atom stereocenters. The number of hydrogen-bond acceptors (Lipinski definition) is 4. The number of pyridine rings is 1. The summed E-state index contributed by atoms with van der Waals surface area (Å²) in [6, 6.07) is 4.25. The molecule has 4 saturated heterocycles. The molecule has 5 rings (SSSR count).